The van der Waals surface area contributed by atoms with Gasteiger partial charge in [0.15, 0.2) is 0 Å². The molecule has 2 saturated heterocycles. The minimum atomic E-state index is 0.194. The van der Waals surface area contributed by atoms with E-state index in [9.17, 15) is 4.79 Å². The van der Waals surface area contributed by atoms with Gasteiger partial charge in [0.05, 0.1) is 39.3 Å². The molecule has 4 heteroatoms. The van der Waals surface area contributed by atoms with Crippen LogP contribution in [0, 0.1) is 5.92 Å². The van der Waals surface area contributed by atoms with Crippen LogP contribution >= 0.6 is 0 Å². The van der Waals surface area contributed by atoms with Crippen LogP contribution < -0.4 is 15.4 Å². The molecule has 0 amide bonds. The number of fused-ring (bicyclic) bond motifs is 4. The lowest BCUT2D eigenvalue weighted by Crippen LogP contribution is -3.21. The van der Waals surface area contributed by atoms with Crippen molar-refractivity contribution >= 4 is 6.08 Å². The Morgan fingerprint density at radius 2 is 2.00 bits per heavy atom. The molecule has 0 saturated carbocycles. The van der Waals surface area contributed by atoms with Gasteiger partial charge in [-0.1, -0.05) is 12.2 Å². The number of rotatable bonds is 2. The molecule has 0 radical (unpaired) electrons. The van der Waals surface area contributed by atoms with Crippen molar-refractivity contribution in [2.75, 3.05) is 33.2 Å². The third-order valence-corrected chi connectivity index (χ3v) is 6.53. The number of pyridine rings is 1. The number of nitrogens with zero attached hydrogens (tertiary/aromatic N) is 1. The second kappa shape index (κ2) is 6.49. The maximum atomic E-state index is 12.4. The fraction of sp³-hybridized carbons (Fsp3) is 0.650. The zero-order valence-electron chi connectivity index (χ0n) is 15.1. The maximum absolute atomic E-state index is 12.4. The number of quaternary nitrogens is 2. The van der Waals surface area contributed by atoms with Crippen LogP contribution in [0.4, 0.5) is 0 Å². The highest BCUT2D eigenvalue weighted by atomic mass is 16.1. The smallest absolute Gasteiger partial charge is 0.250 e. The van der Waals surface area contributed by atoms with Gasteiger partial charge in [0.1, 0.15) is 0 Å². The highest BCUT2D eigenvalue weighted by Gasteiger charge is 2.41. The number of aromatic nitrogens is 1. The topological polar surface area (TPSA) is 30.9 Å². The van der Waals surface area contributed by atoms with E-state index in [1.807, 2.05) is 11.0 Å². The molecule has 0 aromatic carbocycles. The van der Waals surface area contributed by atoms with Crippen molar-refractivity contribution in [1.82, 2.24) is 4.57 Å². The summed E-state index contributed by atoms with van der Waals surface area (Å²) >= 11 is 0. The normalized spacial score (nSPS) is 35.8. The van der Waals surface area contributed by atoms with Crippen LogP contribution in [0.1, 0.15) is 43.4 Å². The molecule has 24 heavy (non-hydrogen) atoms. The third-order valence-electron chi connectivity index (χ3n) is 6.53. The average molecular weight is 329 g/mol. The molecule has 1 aromatic heterocycles. The average Bonchev–Trinajstić information content (AvgIpc) is 2.58. The van der Waals surface area contributed by atoms with Crippen molar-refractivity contribution in [2.24, 2.45) is 5.92 Å². The van der Waals surface area contributed by atoms with Crippen molar-refractivity contribution in [1.29, 1.82) is 0 Å². The molecule has 3 aliphatic heterocycles. The molecule has 2 N–H and O–H groups in total. The van der Waals surface area contributed by atoms with Gasteiger partial charge in [0.2, 0.25) is 0 Å². The Bertz CT molecular complexity index is 685. The van der Waals surface area contributed by atoms with Crippen molar-refractivity contribution in [2.45, 2.75) is 44.7 Å². The predicted octanol–water partition coefficient (Wildman–Crippen LogP) is -0.439. The number of allylic oxidation sites excluding steroid dienone is 1. The first-order valence-electron chi connectivity index (χ1n) is 9.68. The molecule has 4 nitrogen and oxygen atoms in total. The molecule has 0 aliphatic carbocycles. The van der Waals surface area contributed by atoms with Gasteiger partial charge >= 0.3 is 0 Å². The Balaban J connectivity index is 1.63. The summed E-state index contributed by atoms with van der Waals surface area (Å²) in [7, 11) is 2.32. The summed E-state index contributed by atoms with van der Waals surface area (Å²) in [5, 5.41) is 0. The van der Waals surface area contributed by atoms with E-state index in [0.717, 1.165) is 12.6 Å². The Morgan fingerprint density at radius 1 is 1.21 bits per heavy atom. The van der Waals surface area contributed by atoms with Crippen LogP contribution in [0.15, 0.2) is 23.0 Å². The summed E-state index contributed by atoms with van der Waals surface area (Å²) in [6.45, 7) is 8.12. The van der Waals surface area contributed by atoms with Crippen LogP contribution in [0.25, 0.3) is 6.08 Å². The summed E-state index contributed by atoms with van der Waals surface area (Å²) in [6.07, 6.45) is 8.28. The monoisotopic (exact) mass is 329 g/mol. The molecule has 2 bridgehead atoms. The lowest BCUT2D eigenvalue weighted by Gasteiger charge is -2.44. The summed E-state index contributed by atoms with van der Waals surface area (Å²) in [6, 6.07) is 4.62. The Morgan fingerprint density at radius 3 is 2.75 bits per heavy atom. The molecule has 3 atom stereocenters. The van der Waals surface area contributed by atoms with Crippen molar-refractivity contribution in [3.8, 4) is 0 Å². The van der Waals surface area contributed by atoms with E-state index < -0.39 is 0 Å². The minimum absolute atomic E-state index is 0.194. The third kappa shape index (κ3) is 2.86. The zero-order valence-corrected chi connectivity index (χ0v) is 15.1. The lowest BCUT2D eigenvalue weighted by atomic mass is 9.80. The van der Waals surface area contributed by atoms with Gasteiger partial charge in [0, 0.05) is 43.0 Å². The van der Waals surface area contributed by atoms with E-state index >= 15 is 0 Å². The van der Waals surface area contributed by atoms with Crippen LogP contribution in [0.5, 0.6) is 0 Å². The molecule has 3 aliphatic rings. The number of hydrogen-bond acceptors (Lipinski definition) is 1. The SMILES string of the molecule is C/C=C/c1ccc(=O)n2c1[C@@H]1C[C@H](C2)C[NH+](C2CC[NH+](C)CC2)C1. The zero-order chi connectivity index (χ0) is 16.7. The van der Waals surface area contributed by atoms with Gasteiger partial charge in [-0.3, -0.25) is 4.79 Å². The highest BCUT2D eigenvalue weighted by molar-refractivity contribution is 5.53. The van der Waals surface area contributed by atoms with Crippen molar-refractivity contribution < 1.29 is 9.80 Å². The van der Waals surface area contributed by atoms with Gasteiger partial charge in [0.25, 0.3) is 5.56 Å². The summed E-state index contributed by atoms with van der Waals surface area (Å²) < 4.78 is 2.09. The van der Waals surface area contributed by atoms with Crippen LogP contribution in [0.3, 0.4) is 0 Å². The fourth-order valence-corrected chi connectivity index (χ4v) is 5.37. The maximum Gasteiger partial charge on any atom is 0.250 e. The molecule has 0 spiro atoms. The molecule has 4 rings (SSSR count). The number of nitrogens with one attached hydrogen (secondary N) is 2. The quantitative estimate of drug-likeness (QED) is 0.757. The Hall–Kier alpha value is -1.39. The van der Waals surface area contributed by atoms with E-state index in [2.05, 4.69) is 30.7 Å². The fourth-order valence-electron chi connectivity index (χ4n) is 5.37. The van der Waals surface area contributed by atoms with Gasteiger partial charge in [-0.25, -0.2) is 0 Å². The molecular weight excluding hydrogens is 298 g/mol. The van der Waals surface area contributed by atoms with Crippen LogP contribution in [-0.2, 0) is 6.54 Å². The van der Waals surface area contributed by atoms with Gasteiger partial charge in [-0.05, 0) is 25.0 Å². The Labute approximate surface area is 144 Å². The molecule has 1 unspecified atom stereocenters. The number of likely N-dealkylation sites (tertiary alicyclic amines) is 2. The number of hydrogen-bond donors (Lipinski definition) is 2. The number of piperidine rings is 2. The standard InChI is InChI=1S/C20H29N3O/c1-3-4-16-5-6-19(24)23-13-15-11-17(20(16)23)14-22(12-15)18-7-9-21(2)10-8-18/h3-6,15,17-18H,7-14H2,1-2H3/p+2/b4-3+/t15-,17+/m0/s1. The van der Waals surface area contributed by atoms with E-state index in [1.165, 1.54) is 56.7 Å². The Kier molecular flexibility index (Phi) is 4.35. The largest absolute Gasteiger partial charge is 0.337 e. The minimum Gasteiger partial charge on any atom is -0.337 e. The summed E-state index contributed by atoms with van der Waals surface area (Å²) in [4.78, 5) is 15.9. The first-order chi connectivity index (χ1) is 11.7. The lowest BCUT2D eigenvalue weighted by molar-refractivity contribution is -0.959. The van der Waals surface area contributed by atoms with Gasteiger partial charge in [-0.2, -0.15) is 0 Å². The first kappa shape index (κ1) is 16.1. The predicted molar refractivity (Wildman–Crippen MR) is 96.6 cm³/mol. The van der Waals surface area contributed by atoms with E-state index in [-0.39, 0.29) is 5.56 Å². The van der Waals surface area contributed by atoms with Gasteiger partial charge in [-0.15, -0.1) is 0 Å². The molecule has 130 valence electrons. The van der Waals surface area contributed by atoms with E-state index in [1.54, 1.807) is 11.0 Å². The van der Waals surface area contributed by atoms with Crippen molar-refractivity contribution in [3.05, 3.63) is 39.8 Å². The van der Waals surface area contributed by atoms with Crippen LogP contribution in [0.2, 0.25) is 0 Å². The summed E-state index contributed by atoms with van der Waals surface area (Å²) in [5.74, 6) is 1.23. The molecule has 4 heterocycles. The van der Waals surface area contributed by atoms with E-state index in [4.69, 9.17) is 0 Å². The highest BCUT2D eigenvalue weighted by Crippen LogP contribution is 2.33. The summed E-state index contributed by atoms with van der Waals surface area (Å²) in [5.41, 5.74) is 2.77. The van der Waals surface area contributed by atoms with Crippen molar-refractivity contribution in [3.63, 3.8) is 0 Å². The second-order valence-electron chi connectivity index (χ2n) is 8.22. The van der Waals surface area contributed by atoms with Crippen LogP contribution in [-0.4, -0.2) is 43.8 Å². The molecule has 1 aromatic rings. The van der Waals surface area contributed by atoms with E-state index in [0.29, 0.717) is 11.8 Å². The molecule has 2 fully saturated rings. The second-order valence-corrected chi connectivity index (χ2v) is 8.22. The van der Waals surface area contributed by atoms with Gasteiger partial charge < -0.3 is 14.4 Å². The molecular formula is C20H31N3O+2. The first-order valence-corrected chi connectivity index (χ1v) is 9.68.